The topological polar surface area (TPSA) is 58.6 Å². The lowest BCUT2D eigenvalue weighted by atomic mass is 9.95. The highest BCUT2D eigenvalue weighted by molar-refractivity contribution is 9.10. The molecule has 1 fully saturated rings. The van der Waals surface area contributed by atoms with Crippen molar-refractivity contribution in [1.29, 1.82) is 0 Å². The van der Waals surface area contributed by atoms with Crippen molar-refractivity contribution < 1.29 is 14.3 Å². The van der Waals surface area contributed by atoms with Crippen molar-refractivity contribution in [3.63, 3.8) is 0 Å². The summed E-state index contributed by atoms with van der Waals surface area (Å²) < 4.78 is 6.62. The van der Waals surface area contributed by atoms with E-state index >= 15 is 0 Å². The number of carbonyl (C=O) groups excluding carboxylic acids is 2. The van der Waals surface area contributed by atoms with Gasteiger partial charge in [-0.2, -0.15) is 0 Å². The van der Waals surface area contributed by atoms with Gasteiger partial charge in [-0.25, -0.2) is 0 Å². The molecule has 1 aliphatic rings. The number of para-hydroxylation sites is 1. The van der Waals surface area contributed by atoms with Crippen molar-refractivity contribution in [1.82, 2.24) is 10.2 Å². The Labute approximate surface area is 186 Å². The summed E-state index contributed by atoms with van der Waals surface area (Å²) in [5, 5.41) is 3.15. The highest BCUT2D eigenvalue weighted by Gasteiger charge is 2.28. The molecule has 0 aromatic heterocycles. The van der Waals surface area contributed by atoms with E-state index in [-0.39, 0.29) is 30.4 Å². The van der Waals surface area contributed by atoms with Gasteiger partial charge in [-0.3, -0.25) is 9.59 Å². The van der Waals surface area contributed by atoms with Crippen LogP contribution in [0.1, 0.15) is 31.7 Å². The summed E-state index contributed by atoms with van der Waals surface area (Å²) in [7, 11) is 0. The fourth-order valence-electron chi connectivity index (χ4n) is 3.61. The molecular formula is C24H29BrN2O3. The third kappa shape index (κ3) is 6.87. The second kappa shape index (κ2) is 11.2. The summed E-state index contributed by atoms with van der Waals surface area (Å²) in [5.41, 5.74) is 1.27. The van der Waals surface area contributed by atoms with E-state index < -0.39 is 0 Å². The van der Waals surface area contributed by atoms with Crippen LogP contribution in [0.25, 0.3) is 0 Å². The second-order valence-corrected chi connectivity index (χ2v) is 8.75. The third-order valence-electron chi connectivity index (χ3n) is 5.49. The number of nitrogens with zero attached hydrogens (tertiary/aromatic N) is 1. The van der Waals surface area contributed by atoms with Crippen LogP contribution in [0, 0.1) is 5.92 Å². The maximum absolute atomic E-state index is 12.6. The molecular weight excluding hydrogens is 444 g/mol. The lowest BCUT2D eigenvalue weighted by Gasteiger charge is -2.32. The minimum absolute atomic E-state index is 0.0272. The summed E-state index contributed by atoms with van der Waals surface area (Å²) in [6, 6.07) is 17.8. The Morgan fingerprint density at radius 2 is 1.77 bits per heavy atom. The van der Waals surface area contributed by atoms with E-state index in [0.29, 0.717) is 31.7 Å². The van der Waals surface area contributed by atoms with Gasteiger partial charge in [0.15, 0.2) is 6.61 Å². The Morgan fingerprint density at radius 1 is 1.10 bits per heavy atom. The maximum Gasteiger partial charge on any atom is 0.260 e. The summed E-state index contributed by atoms with van der Waals surface area (Å²) in [6.45, 7) is 3.29. The Balaban J connectivity index is 1.35. The number of benzene rings is 2. The van der Waals surface area contributed by atoms with Gasteiger partial charge in [-0.1, -0.05) is 46.3 Å². The van der Waals surface area contributed by atoms with E-state index in [0.717, 1.165) is 17.3 Å². The van der Waals surface area contributed by atoms with Crippen LogP contribution >= 0.6 is 15.9 Å². The van der Waals surface area contributed by atoms with Crippen LogP contribution in [0.3, 0.4) is 0 Å². The van der Waals surface area contributed by atoms with E-state index in [2.05, 4.69) is 40.3 Å². The molecule has 1 N–H and O–H groups in total. The van der Waals surface area contributed by atoms with Gasteiger partial charge in [0.25, 0.3) is 5.91 Å². The van der Waals surface area contributed by atoms with Gasteiger partial charge in [0, 0.05) is 29.5 Å². The number of nitrogens with one attached hydrogen (secondary N) is 1. The van der Waals surface area contributed by atoms with Crippen molar-refractivity contribution in [2.24, 2.45) is 5.92 Å². The molecule has 6 heteroatoms. The Bertz CT molecular complexity index is 818. The van der Waals surface area contributed by atoms with Crippen molar-refractivity contribution >= 4 is 27.7 Å². The molecule has 2 aromatic rings. The number of halogens is 1. The number of hydrogen-bond donors (Lipinski definition) is 1. The smallest absolute Gasteiger partial charge is 0.260 e. The second-order valence-electron chi connectivity index (χ2n) is 7.83. The number of carbonyl (C=O) groups is 2. The fraction of sp³-hybridized carbons (Fsp3) is 0.417. The van der Waals surface area contributed by atoms with E-state index in [1.54, 1.807) is 4.90 Å². The monoisotopic (exact) mass is 472 g/mol. The molecule has 0 radical (unpaired) electrons. The van der Waals surface area contributed by atoms with Gasteiger partial charge < -0.3 is 15.0 Å². The van der Waals surface area contributed by atoms with Crippen molar-refractivity contribution in [3.8, 4) is 5.75 Å². The molecule has 160 valence electrons. The summed E-state index contributed by atoms with van der Waals surface area (Å²) in [5.74, 6) is 0.739. The first kappa shape index (κ1) is 22.3. The number of aryl methyl sites for hydroxylation is 1. The Kier molecular flexibility index (Phi) is 8.31. The molecule has 1 aliphatic heterocycles. The van der Waals surface area contributed by atoms with E-state index in [4.69, 9.17) is 4.74 Å². The highest BCUT2D eigenvalue weighted by atomic mass is 79.9. The van der Waals surface area contributed by atoms with Crippen LogP contribution in [-0.2, 0) is 16.0 Å². The Morgan fingerprint density at radius 3 is 2.43 bits per heavy atom. The predicted octanol–water partition coefficient (Wildman–Crippen LogP) is 4.20. The normalized spacial score (nSPS) is 15.5. The van der Waals surface area contributed by atoms with Gasteiger partial charge in [-0.15, -0.1) is 0 Å². The molecule has 0 bridgehead atoms. The van der Waals surface area contributed by atoms with Crippen molar-refractivity contribution in [2.45, 2.75) is 38.6 Å². The first-order chi connectivity index (χ1) is 14.5. The zero-order valence-corrected chi connectivity index (χ0v) is 18.9. The first-order valence-corrected chi connectivity index (χ1v) is 11.3. The molecule has 0 spiro atoms. The summed E-state index contributed by atoms with van der Waals surface area (Å²) >= 11 is 3.45. The third-order valence-corrected chi connectivity index (χ3v) is 6.02. The molecule has 30 heavy (non-hydrogen) atoms. The zero-order chi connectivity index (χ0) is 21.3. The minimum atomic E-state index is -0.0285. The number of likely N-dealkylation sites (tertiary alicyclic amines) is 1. The van der Waals surface area contributed by atoms with E-state index in [1.165, 1.54) is 5.56 Å². The highest BCUT2D eigenvalue weighted by Crippen LogP contribution is 2.19. The quantitative estimate of drug-likeness (QED) is 0.625. The molecule has 2 amide bonds. The maximum atomic E-state index is 12.6. The minimum Gasteiger partial charge on any atom is -0.484 e. The number of ether oxygens (including phenoxy) is 1. The number of piperidine rings is 1. The van der Waals surface area contributed by atoms with Gasteiger partial charge >= 0.3 is 0 Å². The number of hydrogen-bond acceptors (Lipinski definition) is 3. The van der Waals surface area contributed by atoms with Gasteiger partial charge in [0.1, 0.15) is 5.75 Å². The first-order valence-electron chi connectivity index (χ1n) is 10.5. The standard InChI is InChI=1S/C24H29BrN2O3/c1-18(7-8-19-9-11-21(25)12-10-19)26-24(29)20-13-15-27(16-14-20)23(28)17-30-22-5-3-2-4-6-22/h2-6,9-12,18,20H,7-8,13-17H2,1H3,(H,26,29). The van der Waals surface area contributed by atoms with Gasteiger partial charge in [-0.05, 0) is 62.4 Å². The SMILES string of the molecule is CC(CCc1ccc(Br)cc1)NC(=O)C1CCN(C(=O)COc2ccccc2)CC1. The average Bonchev–Trinajstić information content (AvgIpc) is 2.78. The number of rotatable bonds is 8. The lowest BCUT2D eigenvalue weighted by Crippen LogP contribution is -2.46. The van der Waals surface area contributed by atoms with E-state index in [1.807, 2.05) is 42.5 Å². The van der Waals surface area contributed by atoms with Crippen LogP contribution in [0.15, 0.2) is 59.1 Å². The molecule has 1 saturated heterocycles. The van der Waals surface area contributed by atoms with Gasteiger partial charge in [0.2, 0.25) is 5.91 Å². The van der Waals surface area contributed by atoms with Crippen LogP contribution in [0.4, 0.5) is 0 Å². The largest absolute Gasteiger partial charge is 0.484 e. The fourth-order valence-corrected chi connectivity index (χ4v) is 3.88. The summed E-state index contributed by atoms with van der Waals surface area (Å²) in [6.07, 6.45) is 3.23. The molecule has 0 aliphatic carbocycles. The van der Waals surface area contributed by atoms with Crippen molar-refractivity contribution in [3.05, 3.63) is 64.6 Å². The molecule has 3 rings (SSSR count). The van der Waals surface area contributed by atoms with Gasteiger partial charge in [0.05, 0.1) is 0 Å². The zero-order valence-electron chi connectivity index (χ0n) is 17.4. The summed E-state index contributed by atoms with van der Waals surface area (Å²) in [4.78, 5) is 26.8. The van der Waals surface area contributed by atoms with Crippen LogP contribution in [-0.4, -0.2) is 42.5 Å². The molecule has 5 nitrogen and oxygen atoms in total. The van der Waals surface area contributed by atoms with Crippen LogP contribution in [0.2, 0.25) is 0 Å². The number of amides is 2. The van der Waals surface area contributed by atoms with Crippen LogP contribution in [0.5, 0.6) is 5.75 Å². The molecule has 1 unspecified atom stereocenters. The van der Waals surface area contributed by atoms with Crippen molar-refractivity contribution in [2.75, 3.05) is 19.7 Å². The average molecular weight is 473 g/mol. The predicted molar refractivity (Wildman–Crippen MR) is 121 cm³/mol. The Hall–Kier alpha value is -2.34. The molecule has 1 atom stereocenters. The molecule has 2 aromatic carbocycles. The molecule has 1 heterocycles. The van der Waals surface area contributed by atoms with E-state index in [9.17, 15) is 9.59 Å². The molecule has 0 saturated carbocycles. The van der Waals surface area contributed by atoms with Crippen LogP contribution < -0.4 is 10.1 Å². The lowest BCUT2D eigenvalue weighted by molar-refractivity contribution is -0.137.